The summed E-state index contributed by atoms with van der Waals surface area (Å²) in [6, 6.07) is 1.93. The largest absolute Gasteiger partial charge is 0.419 e. The van der Waals surface area contributed by atoms with E-state index >= 15 is 0 Å². The quantitative estimate of drug-likeness (QED) is 0.700. The van der Waals surface area contributed by atoms with Gasteiger partial charge < -0.3 is 4.42 Å². The van der Waals surface area contributed by atoms with E-state index in [9.17, 15) is 0 Å². The van der Waals surface area contributed by atoms with E-state index in [0.29, 0.717) is 11.8 Å². The maximum absolute atomic E-state index is 5.51. The predicted molar refractivity (Wildman–Crippen MR) is 47.2 cm³/mol. The maximum atomic E-state index is 5.51. The third kappa shape index (κ3) is 1.35. The minimum atomic E-state index is 0.261. The maximum Gasteiger partial charge on any atom is 0.248 e. The number of alkyl halides is 1. The van der Waals surface area contributed by atoms with E-state index in [4.69, 9.17) is 16.0 Å². The third-order valence-corrected chi connectivity index (χ3v) is 2.26. The average molecular weight is 201 g/mol. The fourth-order valence-corrected chi connectivity index (χ4v) is 1.55. The molecule has 12 heavy (non-hydrogen) atoms. The lowest BCUT2D eigenvalue weighted by molar-refractivity contribution is 0.527. The standard InChI is InChI=1S/C7H5ClN2OS/c8-3-6-9-10-7(11-6)5-1-2-12-4-5/h1-2,4H,3H2. The smallest absolute Gasteiger partial charge is 0.248 e. The molecule has 0 spiro atoms. The molecule has 0 aliphatic carbocycles. The van der Waals surface area contributed by atoms with Crippen molar-refractivity contribution >= 4 is 22.9 Å². The second-order valence-corrected chi connectivity index (χ2v) is 3.19. The lowest BCUT2D eigenvalue weighted by Crippen LogP contribution is -1.74. The van der Waals surface area contributed by atoms with E-state index in [1.54, 1.807) is 11.3 Å². The highest BCUT2D eigenvalue weighted by Crippen LogP contribution is 2.20. The van der Waals surface area contributed by atoms with Crippen molar-refractivity contribution in [1.82, 2.24) is 10.2 Å². The van der Waals surface area contributed by atoms with Crippen molar-refractivity contribution in [2.75, 3.05) is 0 Å². The van der Waals surface area contributed by atoms with Gasteiger partial charge in [0, 0.05) is 10.9 Å². The summed E-state index contributed by atoms with van der Waals surface area (Å²) in [5.41, 5.74) is 0.948. The van der Waals surface area contributed by atoms with E-state index in [-0.39, 0.29) is 5.88 Å². The molecule has 0 aliphatic rings. The summed E-state index contributed by atoms with van der Waals surface area (Å²) in [6.07, 6.45) is 0. The molecule has 0 atom stereocenters. The van der Waals surface area contributed by atoms with Crippen LogP contribution < -0.4 is 0 Å². The van der Waals surface area contributed by atoms with Crippen molar-refractivity contribution in [3.8, 4) is 11.5 Å². The highest BCUT2D eigenvalue weighted by molar-refractivity contribution is 7.08. The Bertz CT molecular complexity index is 357. The monoisotopic (exact) mass is 200 g/mol. The summed E-state index contributed by atoms with van der Waals surface area (Å²) in [5.74, 6) is 1.25. The number of halogens is 1. The summed E-state index contributed by atoms with van der Waals surface area (Å²) in [5, 5.41) is 11.5. The zero-order valence-corrected chi connectivity index (χ0v) is 7.60. The Balaban J connectivity index is 2.35. The van der Waals surface area contributed by atoms with Gasteiger partial charge in [0.05, 0.1) is 0 Å². The molecule has 0 aromatic carbocycles. The number of rotatable bonds is 2. The fraction of sp³-hybridized carbons (Fsp3) is 0.143. The van der Waals surface area contributed by atoms with Gasteiger partial charge in [-0.1, -0.05) is 0 Å². The van der Waals surface area contributed by atoms with Gasteiger partial charge in [-0.15, -0.1) is 21.8 Å². The van der Waals surface area contributed by atoms with E-state index in [2.05, 4.69) is 10.2 Å². The second-order valence-electron chi connectivity index (χ2n) is 2.15. The van der Waals surface area contributed by atoms with Gasteiger partial charge in [-0.3, -0.25) is 0 Å². The molecule has 2 aromatic heterocycles. The number of thiophene rings is 1. The normalized spacial score (nSPS) is 10.4. The van der Waals surface area contributed by atoms with Gasteiger partial charge in [0.25, 0.3) is 0 Å². The van der Waals surface area contributed by atoms with Crippen molar-refractivity contribution in [2.45, 2.75) is 5.88 Å². The second kappa shape index (κ2) is 3.25. The van der Waals surface area contributed by atoms with Gasteiger partial charge in [-0.05, 0) is 11.4 Å². The molecule has 2 heterocycles. The Morgan fingerprint density at radius 1 is 1.50 bits per heavy atom. The molecular weight excluding hydrogens is 196 g/mol. The number of nitrogens with zero attached hydrogens (tertiary/aromatic N) is 2. The van der Waals surface area contributed by atoms with Crippen LogP contribution >= 0.6 is 22.9 Å². The van der Waals surface area contributed by atoms with Gasteiger partial charge in [0.2, 0.25) is 11.8 Å². The van der Waals surface area contributed by atoms with Crippen LogP contribution in [-0.4, -0.2) is 10.2 Å². The first kappa shape index (κ1) is 7.76. The molecule has 0 aliphatic heterocycles. The van der Waals surface area contributed by atoms with Gasteiger partial charge >= 0.3 is 0 Å². The zero-order chi connectivity index (χ0) is 8.39. The fourth-order valence-electron chi connectivity index (χ4n) is 0.810. The number of hydrogen-bond acceptors (Lipinski definition) is 4. The van der Waals surface area contributed by atoms with Crippen LogP contribution in [0.1, 0.15) is 5.89 Å². The molecule has 0 saturated carbocycles. The Kier molecular flexibility index (Phi) is 2.10. The Morgan fingerprint density at radius 3 is 3.00 bits per heavy atom. The van der Waals surface area contributed by atoms with Crippen LogP contribution in [0.4, 0.5) is 0 Å². The molecule has 0 fully saturated rings. The van der Waals surface area contributed by atoms with Crippen molar-refractivity contribution < 1.29 is 4.42 Å². The van der Waals surface area contributed by atoms with Gasteiger partial charge in [-0.2, -0.15) is 11.3 Å². The SMILES string of the molecule is ClCc1nnc(-c2ccsc2)o1. The van der Waals surface area contributed by atoms with E-state index in [0.717, 1.165) is 5.56 Å². The highest BCUT2D eigenvalue weighted by atomic mass is 35.5. The topological polar surface area (TPSA) is 38.9 Å². The molecule has 0 unspecified atom stereocenters. The molecule has 2 rings (SSSR count). The summed E-state index contributed by atoms with van der Waals surface area (Å²) < 4.78 is 5.23. The zero-order valence-electron chi connectivity index (χ0n) is 6.03. The van der Waals surface area contributed by atoms with Crippen molar-refractivity contribution in [1.29, 1.82) is 0 Å². The van der Waals surface area contributed by atoms with Crippen molar-refractivity contribution in [3.63, 3.8) is 0 Å². The minimum Gasteiger partial charge on any atom is -0.419 e. The third-order valence-electron chi connectivity index (χ3n) is 1.35. The first-order chi connectivity index (χ1) is 5.90. The molecule has 5 heteroatoms. The van der Waals surface area contributed by atoms with Crippen LogP contribution in [0.3, 0.4) is 0 Å². The van der Waals surface area contributed by atoms with Crippen LogP contribution in [0.2, 0.25) is 0 Å². The van der Waals surface area contributed by atoms with E-state index < -0.39 is 0 Å². The van der Waals surface area contributed by atoms with Gasteiger partial charge in [-0.25, -0.2) is 0 Å². The van der Waals surface area contributed by atoms with Gasteiger partial charge in [0.15, 0.2) is 0 Å². The molecule has 0 N–H and O–H groups in total. The summed E-state index contributed by atoms with van der Waals surface area (Å²) in [7, 11) is 0. The van der Waals surface area contributed by atoms with Crippen LogP contribution in [0, 0.1) is 0 Å². The Labute approximate surface area is 78.0 Å². The van der Waals surface area contributed by atoms with E-state index in [1.165, 1.54) is 0 Å². The van der Waals surface area contributed by atoms with E-state index in [1.807, 2.05) is 16.8 Å². The molecule has 2 aromatic rings. The molecule has 0 bridgehead atoms. The highest BCUT2D eigenvalue weighted by Gasteiger charge is 2.06. The molecule has 62 valence electrons. The Morgan fingerprint density at radius 2 is 2.42 bits per heavy atom. The predicted octanol–water partition coefficient (Wildman–Crippen LogP) is 2.54. The number of hydrogen-bond donors (Lipinski definition) is 0. The lowest BCUT2D eigenvalue weighted by atomic mass is 10.3. The van der Waals surface area contributed by atoms with Gasteiger partial charge in [0.1, 0.15) is 5.88 Å². The molecular formula is C7H5ClN2OS. The number of aromatic nitrogens is 2. The van der Waals surface area contributed by atoms with Crippen molar-refractivity contribution in [3.05, 3.63) is 22.7 Å². The summed E-state index contributed by atoms with van der Waals surface area (Å²) in [4.78, 5) is 0. The van der Waals surface area contributed by atoms with Crippen LogP contribution in [0.5, 0.6) is 0 Å². The molecule has 0 saturated heterocycles. The molecule has 0 amide bonds. The Hall–Kier alpha value is -0.870. The average Bonchev–Trinajstić information content (AvgIpc) is 2.75. The van der Waals surface area contributed by atoms with Crippen LogP contribution in [0.25, 0.3) is 11.5 Å². The first-order valence-electron chi connectivity index (χ1n) is 3.31. The first-order valence-corrected chi connectivity index (χ1v) is 4.79. The summed E-state index contributed by atoms with van der Waals surface area (Å²) >= 11 is 7.10. The lowest BCUT2D eigenvalue weighted by Gasteiger charge is -1.84. The summed E-state index contributed by atoms with van der Waals surface area (Å²) in [6.45, 7) is 0. The molecule has 3 nitrogen and oxygen atoms in total. The van der Waals surface area contributed by atoms with Crippen LogP contribution in [-0.2, 0) is 5.88 Å². The van der Waals surface area contributed by atoms with Crippen molar-refractivity contribution in [2.24, 2.45) is 0 Å². The van der Waals surface area contributed by atoms with Crippen LogP contribution in [0.15, 0.2) is 21.2 Å². The minimum absolute atomic E-state index is 0.261. The molecule has 0 radical (unpaired) electrons.